The molecule has 0 aliphatic carbocycles. The normalized spacial score (nSPS) is 10.9. The van der Waals surface area contributed by atoms with E-state index in [1.807, 2.05) is 117 Å². The third-order valence-electron chi connectivity index (χ3n) is 7.31. The minimum Gasteiger partial charge on any atom is -0.496 e. The molecule has 0 saturated carbocycles. The first-order valence-electron chi connectivity index (χ1n) is 15.1. The van der Waals surface area contributed by atoms with E-state index in [-0.39, 0.29) is 0 Å². The molecular weight excluding hydrogens is 572 g/mol. The van der Waals surface area contributed by atoms with Crippen LogP contribution in [-0.4, -0.2) is 17.3 Å². The van der Waals surface area contributed by atoms with Crippen molar-refractivity contribution in [2.45, 2.75) is 33.1 Å². The molecule has 1 heterocycles. The van der Waals surface area contributed by atoms with Gasteiger partial charge in [-0.1, -0.05) is 48.1 Å². The van der Waals surface area contributed by atoms with Gasteiger partial charge >= 0.3 is 0 Å². The number of methoxy groups -OCH3 is 1. The summed E-state index contributed by atoms with van der Waals surface area (Å²) in [5, 5.41) is 8.48. The lowest BCUT2D eigenvalue weighted by atomic mass is 10.0. The Hall–Kier alpha value is -5.62. The number of nitrogens with zero attached hydrogens (tertiary/aromatic N) is 2. The zero-order valence-electron chi connectivity index (χ0n) is 26.6. The minimum atomic E-state index is 0.440. The van der Waals surface area contributed by atoms with Crippen LogP contribution in [0.5, 0.6) is 28.7 Å². The van der Waals surface area contributed by atoms with Gasteiger partial charge in [-0.2, -0.15) is 0 Å². The number of rotatable bonds is 14. The highest BCUT2D eigenvalue weighted by Crippen LogP contribution is 2.38. The Morgan fingerprint density at radius 2 is 1.15 bits per heavy atom. The number of ether oxygens (including phenoxy) is 3. The number of aromatic nitrogens is 2. The Balaban J connectivity index is 1.43. The SMILES string of the molecule is C=CCc1cc(Oc2cc(CC=C)c(Oc3ccc(-c4nnc(-c5ccc(C)cc5)o4)cc3)c(CC=C)c2)cc(/C=C/C)c1OC. The summed E-state index contributed by atoms with van der Waals surface area (Å²) in [6.07, 6.45) is 11.4. The molecule has 0 aliphatic rings. The third kappa shape index (κ3) is 7.36. The van der Waals surface area contributed by atoms with Gasteiger partial charge < -0.3 is 18.6 Å². The molecule has 4 aromatic carbocycles. The van der Waals surface area contributed by atoms with E-state index >= 15 is 0 Å². The van der Waals surface area contributed by atoms with E-state index in [2.05, 4.69) is 29.9 Å². The first-order valence-corrected chi connectivity index (χ1v) is 15.1. The Labute approximate surface area is 271 Å². The number of benzene rings is 4. The number of allylic oxidation sites excluding steroid dienone is 4. The largest absolute Gasteiger partial charge is 0.496 e. The molecule has 0 radical (unpaired) electrons. The molecule has 1 aromatic heterocycles. The molecule has 0 amide bonds. The molecule has 6 heteroatoms. The fourth-order valence-electron chi connectivity index (χ4n) is 5.20. The highest BCUT2D eigenvalue weighted by Gasteiger charge is 2.17. The first kappa shape index (κ1) is 31.8. The lowest BCUT2D eigenvalue weighted by molar-refractivity contribution is 0.407. The average molecular weight is 611 g/mol. The van der Waals surface area contributed by atoms with Crippen LogP contribution in [0.25, 0.3) is 29.0 Å². The minimum absolute atomic E-state index is 0.440. The molecule has 46 heavy (non-hydrogen) atoms. The molecule has 0 saturated heterocycles. The van der Waals surface area contributed by atoms with Gasteiger partial charge in [0.15, 0.2) is 0 Å². The highest BCUT2D eigenvalue weighted by atomic mass is 16.5. The van der Waals surface area contributed by atoms with Crippen molar-refractivity contribution in [2.75, 3.05) is 7.11 Å². The van der Waals surface area contributed by atoms with Crippen LogP contribution in [0.4, 0.5) is 0 Å². The van der Waals surface area contributed by atoms with Crippen LogP contribution >= 0.6 is 0 Å². The maximum atomic E-state index is 6.51. The van der Waals surface area contributed by atoms with Gasteiger partial charge in [0.2, 0.25) is 11.8 Å². The van der Waals surface area contributed by atoms with Crippen LogP contribution in [0, 0.1) is 6.92 Å². The predicted octanol–water partition coefficient (Wildman–Crippen LogP) is 10.5. The standard InChI is InChI=1S/C40H38N2O4/c1-7-11-30-23-35(24-31(12-8-2)37(30)43-6)44-36-25-32(13-9-3)38(33(26-36)14-10-4)45-34-21-19-29(20-22-34)40-42-41-39(46-40)28-17-15-27(5)16-18-28/h7-10,12,15-26H,1,3-4,11,13-14H2,2,5-6H3/b12-8+. The van der Waals surface area contributed by atoms with Gasteiger partial charge in [-0.05, 0) is 93.8 Å². The molecule has 0 aliphatic heterocycles. The van der Waals surface area contributed by atoms with E-state index in [1.54, 1.807) is 7.11 Å². The zero-order chi connectivity index (χ0) is 32.5. The van der Waals surface area contributed by atoms with Crippen molar-refractivity contribution in [3.63, 3.8) is 0 Å². The van der Waals surface area contributed by atoms with Crippen LogP contribution in [0.2, 0.25) is 0 Å². The quantitative estimate of drug-likeness (QED) is 0.117. The average Bonchev–Trinajstić information content (AvgIpc) is 3.54. The zero-order valence-corrected chi connectivity index (χ0v) is 26.6. The predicted molar refractivity (Wildman–Crippen MR) is 186 cm³/mol. The van der Waals surface area contributed by atoms with Crippen LogP contribution in [0.15, 0.2) is 121 Å². The smallest absolute Gasteiger partial charge is 0.248 e. The molecule has 232 valence electrons. The van der Waals surface area contributed by atoms with E-state index < -0.39 is 0 Å². The third-order valence-corrected chi connectivity index (χ3v) is 7.31. The van der Waals surface area contributed by atoms with Gasteiger partial charge in [0.1, 0.15) is 28.7 Å². The van der Waals surface area contributed by atoms with Gasteiger partial charge in [0, 0.05) is 33.4 Å². The maximum absolute atomic E-state index is 6.51. The molecule has 5 aromatic rings. The van der Waals surface area contributed by atoms with E-state index in [4.69, 9.17) is 18.6 Å². The Morgan fingerprint density at radius 1 is 0.652 bits per heavy atom. The van der Waals surface area contributed by atoms with Gasteiger partial charge in [-0.15, -0.1) is 29.9 Å². The van der Waals surface area contributed by atoms with E-state index in [9.17, 15) is 0 Å². The second-order valence-corrected chi connectivity index (χ2v) is 10.8. The van der Waals surface area contributed by atoms with Gasteiger partial charge in [0.05, 0.1) is 7.11 Å². The van der Waals surface area contributed by atoms with Crippen molar-refractivity contribution in [3.8, 4) is 51.7 Å². The highest BCUT2D eigenvalue weighted by molar-refractivity contribution is 5.64. The van der Waals surface area contributed by atoms with E-state index in [0.29, 0.717) is 48.3 Å². The molecule has 0 N–H and O–H groups in total. The summed E-state index contributed by atoms with van der Waals surface area (Å²) in [5.41, 5.74) is 6.67. The van der Waals surface area contributed by atoms with Crippen molar-refractivity contribution in [1.82, 2.24) is 10.2 Å². The molecule has 5 rings (SSSR count). The molecule has 6 nitrogen and oxygen atoms in total. The summed E-state index contributed by atoms with van der Waals surface area (Å²) in [6, 6.07) is 23.6. The van der Waals surface area contributed by atoms with Gasteiger partial charge in [-0.3, -0.25) is 0 Å². The van der Waals surface area contributed by atoms with Crippen LogP contribution < -0.4 is 14.2 Å². The second kappa shape index (κ2) is 14.9. The molecule has 0 spiro atoms. The van der Waals surface area contributed by atoms with E-state index in [1.165, 1.54) is 5.56 Å². The number of aryl methyl sites for hydroxylation is 1. The maximum Gasteiger partial charge on any atom is 0.248 e. The van der Waals surface area contributed by atoms with Crippen molar-refractivity contribution in [1.29, 1.82) is 0 Å². The molecule has 0 atom stereocenters. The number of hydrogen-bond acceptors (Lipinski definition) is 6. The fraction of sp³-hybridized carbons (Fsp3) is 0.150. The summed E-state index contributed by atoms with van der Waals surface area (Å²) in [7, 11) is 1.68. The molecule has 0 bridgehead atoms. The Kier molecular flexibility index (Phi) is 10.3. The van der Waals surface area contributed by atoms with E-state index in [0.717, 1.165) is 44.9 Å². The topological polar surface area (TPSA) is 66.6 Å². The van der Waals surface area contributed by atoms with Crippen molar-refractivity contribution in [3.05, 3.63) is 145 Å². The van der Waals surface area contributed by atoms with Crippen molar-refractivity contribution in [2.24, 2.45) is 0 Å². The summed E-state index contributed by atoms with van der Waals surface area (Å²) in [5.74, 6) is 4.54. The Morgan fingerprint density at radius 3 is 1.65 bits per heavy atom. The fourth-order valence-corrected chi connectivity index (χ4v) is 5.20. The summed E-state index contributed by atoms with van der Waals surface area (Å²) < 4.78 is 24.6. The molecular formula is C40H38N2O4. The Bertz CT molecular complexity index is 1830. The summed E-state index contributed by atoms with van der Waals surface area (Å²) >= 11 is 0. The first-order chi connectivity index (χ1) is 22.5. The van der Waals surface area contributed by atoms with Gasteiger partial charge in [-0.25, -0.2) is 0 Å². The van der Waals surface area contributed by atoms with Crippen molar-refractivity contribution < 1.29 is 18.6 Å². The van der Waals surface area contributed by atoms with Crippen LogP contribution in [-0.2, 0) is 19.3 Å². The second-order valence-electron chi connectivity index (χ2n) is 10.8. The lowest BCUT2D eigenvalue weighted by Crippen LogP contribution is -2.00. The summed E-state index contributed by atoms with van der Waals surface area (Å²) in [6.45, 7) is 15.9. The van der Waals surface area contributed by atoms with Gasteiger partial charge in [0.25, 0.3) is 0 Å². The van der Waals surface area contributed by atoms with Crippen LogP contribution in [0.3, 0.4) is 0 Å². The molecule has 0 unspecified atom stereocenters. The van der Waals surface area contributed by atoms with Crippen LogP contribution in [0.1, 0.15) is 34.7 Å². The summed E-state index contributed by atoms with van der Waals surface area (Å²) in [4.78, 5) is 0. The lowest BCUT2D eigenvalue weighted by Gasteiger charge is -2.18. The van der Waals surface area contributed by atoms with Crippen molar-refractivity contribution >= 4 is 6.08 Å². The molecule has 0 fully saturated rings. The number of hydrogen-bond donors (Lipinski definition) is 0. The monoisotopic (exact) mass is 610 g/mol.